The molecule has 11 rings (SSSR count). The fourth-order valence-electron chi connectivity index (χ4n) is 15.4. The molecule has 1 fully saturated rings. The van der Waals surface area contributed by atoms with Crippen LogP contribution in [0.25, 0.3) is 54.5 Å². The Balaban J connectivity index is 1.06. The predicted octanol–water partition coefficient (Wildman–Crippen LogP) is -0.216. The summed E-state index contributed by atoms with van der Waals surface area (Å²) in [4.78, 5) is 173. The number of hydrogen-bond acceptors (Lipinski definition) is 15. The predicted molar refractivity (Wildman–Crippen MR) is 475 cm³/mol. The maximum atomic E-state index is 16.2. The van der Waals surface area contributed by atoms with Crippen LogP contribution in [-0.4, -0.2) is 207 Å². The quantitative estimate of drug-likeness (QED) is 0.0157. The molecule has 40 heteroatoms. The Bertz CT molecular complexity index is 5360. The molecular weight excluding hydrogens is 1600 g/mol. The van der Waals surface area contributed by atoms with Crippen LogP contribution in [0.15, 0.2) is 152 Å². The zero-order chi connectivity index (χ0) is 89.1. The van der Waals surface area contributed by atoms with Gasteiger partial charge in [-0.3, -0.25) is 75.0 Å². The third kappa shape index (κ3) is 25.7. The summed E-state index contributed by atoms with van der Waals surface area (Å²) >= 11 is 0. The first-order valence-corrected chi connectivity index (χ1v) is 41.4. The Labute approximate surface area is 718 Å². The van der Waals surface area contributed by atoms with Crippen LogP contribution in [-0.2, 0) is 80.0 Å². The van der Waals surface area contributed by atoms with Crippen LogP contribution >= 0.6 is 0 Å². The van der Waals surface area contributed by atoms with E-state index in [0.29, 0.717) is 82.3 Å². The number of aromatic amines is 5. The molecule has 1 saturated heterocycles. The summed E-state index contributed by atoms with van der Waals surface area (Å²) in [6.45, 7) is -0.0115. The lowest BCUT2D eigenvalue weighted by Gasteiger charge is -2.29. The lowest BCUT2D eigenvalue weighted by Crippen LogP contribution is -2.62. The topological polar surface area (TPSA) is 679 Å². The van der Waals surface area contributed by atoms with E-state index >= 15 is 47.9 Å². The molecule has 35 N–H and O–H groups in total. The van der Waals surface area contributed by atoms with Gasteiger partial charge in [0.1, 0.15) is 60.4 Å². The molecule has 5 aromatic carbocycles. The van der Waals surface area contributed by atoms with Gasteiger partial charge in [0.05, 0.1) is 0 Å². The number of guanidine groups is 5. The third-order valence-corrected chi connectivity index (χ3v) is 21.7. The van der Waals surface area contributed by atoms with E-state index in [9.17, 15) is 0 Å². The number of fused-ring (bicyclic) bond motifs is 5. The van der Waals surface area contributed by atoms with E-state index in [1.165, 1.54) is 0 Å². The van der Waals surface area contributed by atoms with Gasteiger partial charge in [0.15, 0.2) is 29.8 Å². The summed E-state index contributed by atoms with van der Waals surface area (Å²) in [7, 11) is 0. The minimum Gasteiger partial charge on any atom is -0.370 e. The number of hydrogen-bond donors (Lipinski definition) is 30. The number of nitrogens with one attached hydrogen (secondary N) is 25. The van der Waals surface area contributed by atoms with E-state index in [1.54, 1.807) is 73.4 Å². The molecule has 1 aliphatic rings. The second kappa shape index (κ2) is 43.9. The molecule has 1 aliphatic heterocycles. The summed E-state index contributed by atoms with van der Waals surface area (Å²) in [5.74, 6) is -11.3. The molecule has 0 aliphatic carbocycles. The van der Waals surface area contributed by atoms with Crippen molar-refractivity contribution in [3.8, 4) is 0 Å². The number of carbonyl (C=O) groups excluding carboxylic acids is 10. The maximum Gasteiger partial charge on any atom is 0.243 e. The average Bonchev–Trinajstić information content (AvgIpc) is 1.70. The number of nitrogens with two attached hydrogens (primary N) is 5. The number of rotatable bonds is 30. The van der Waals surface area contributed by atoms with Crippen LogP contribution in [0.2, 0.25) is 0 Å². The third-order valence-electron chi connectivity index (χ3n) is 21.7. The first kappa shape index (κ1) is 90.6. The van der Waals surface area contributed by atoms with Crippen molar-refractivity contribution < 1.29 is 47.9 Å². The highest BCUT2D eigenvalue weighted by Crippen LogP contribution is 2.26. The van der Waals surface area contributed by atoms with Crippen molar-refractivity contribution in [3.63, 3.8) is 0 Å². The van der Waals surface area contributed by atoms with E-state index < -0.39 is 149 Å². The minimum absolute atomic E-state index is 0.00241. The second-order valence-electron chi connectivity index (χ2n) is 30.8. The van der Waals surface area contributed by atoms with Gasteiger partial charge in [0.2, 0.25) is 59.1 Å². The first-order valence-electron chi connectivity index (χ1n) is 41.4. The van der Waals surface area contributed by atoms with Crippen molar-refractivity contribution in [2.45, 2.75) is 157 Å². The van der Waals surface area contributed by atoms with Crippen molar-refractivity contribution in [2.24, 2.45) is 28.7 Å². The average molecular weight is 1710 g/mol. The number of carbonyl (C=O) groups is 10. The van der Waals surface area contributed by atoms with Gasteiger partial charge in [-0.05, 0) is 122 Å². The summed E-state index contributed by atoms with van der Waals surface area (Å²) in [6, 6.07) is 20.4. The van der Waals surface area contributed by atoms with Crippen LogP contribution in [0.1, 0.15) is 92.0 Å². The standard InChI is InChI=1S/C85H110N30O10/c86-81(87)96-31-11-26-61-71(116)107-63(28-13-33-98-83(90)91)73(118)109-65(30-15-35-100-85(94)95)75(120)111-67(37-47-42-102-57-22-7-2-17-52(47)57)77(122)113-69(39-49-44-104-59-24-9-4-19-54(49)59)79(124)115-70(40-50-45-105-60-25-10-5-20-55(50)60)80(125)114-68(38-48-43-103-58-23-8-3-18-53(48)58)78(123)112-66(36-46-41-101-56-21-6-1-16-51(46)56)76(121)110-64(29-14-34-99-84(92)93)74(119)108-62(72(117)106-61)27-12-32-97-82(88)89/h1-10,16-25,41-45,61-70,101-105H,11-15,26-40H2,(H,106,117)(H,107,116)(H,108,119)(H,109,118)(H,110,121)(H,111,120)(H,112,123)(H,113,122)(H,114,125)(H,115,124)(H4,86,87,96)(H4,88,89,97)(H4,90,91,98)(H4,92,93,99)(H4,94,95,100)/t61-,62-,63-,64-,65-,66-,67-,68-,69-,70-/m0/s1. The monoisotopic (exact) mass is 1710 g/mol. The molecule has 660 valence electrons. The first-order chi connectivity index (χ1) is 60.2. The van der Waals surface area contributed by atoms with E-state index in [-0.39, 0.29) is 129 Å². The zero-order valence-electron chi connectivity index (χ0n) is 68.8. The highest BCUT2D eigenvalue weighted by atomic mass is 16.2. The Hall–Kier alpha value is -15.2. The van der Waals surface area contributed by atoms with Crippen LogP contribution in [0.3, 0.4) is 0 Å². The van der Waals surface area contributed by atoms with Gasteiger partial charge in [-0.25, -0.2) is 0 Å². The van der Waals surface area contributed by atoms with Gasteiger partial charge in [0, 0.05) is 150 Å². The molecule has 0 unspecified atom stereocenters. The molecule has 0 bridgehead atoms. The number of para-hydroxylation sites is 5. The van der Waals surface area contributed by atoms with Gasteiger partial charge < -0.3 is 133 Å². The summed E-state index contributed by atoms with van der Waals surface area (Å²) in [5, 5.41) is 85.0. The normalized spacial score (nSPS) is 20.2. The molecule has 40 nitrogen and oxygen atoms in total. The van der Waals surface area contributed by atoms with Crippen molar-refractivity contribution in [1.29, 1.82) is 27.0 Å². The van der Waals surface area contributed by atoms with Crippen LogP contribution < -0.4 is 108 Å². The number of benzene rings is 5. The Morgan fingerprint density at radius 2 is 0.376 bits per heavy atom. The fraction of sp³-hybridized carbons (Fsp3) is 0.353. The zero-order valence-corrected chi connectivity index (χ0v) is 68.8. The molecule has 10 atom stereocenters. The number of aromatic nitrogens is 5. The molecular formula is C85H110N30O10. The lowest BCUT2D eigenvalue weighted by molar-refractivity contribution is -0.136. The highest BCUT2D eigenvalue weighted by Gasteiger charge is 2.39. The molecule has 125 heavy (non-hydrogen) atoms. The molecule has 5 aromatic heterocycles. The largest absolute Gasteiger partial charge is 0.370 e. The molecule has 0 radical (unpaired) electrons. The van der Waals surface area contributed by atoms with E-state index in [4.69, 9.17) is 55.7 Å². The molecule has 0 spiro atoms. The van der Waals surface area contributed by atoms with Crippen molar-refractivity contribution >= 4 is 143 Å². The van der Waals surface area contributed by atoms with Crippen LogP contribution in [0, 0.1) is 27.0 Å². The second-order valence-corrected chi connectivity index (χ2v) is 30.8. The fourth-order valence-corrected chi connectivity index (χ4v) is 15.4. The molecule has 6 heterocycles. The lowest BCUT2D eigenvalue weighted by atomic mass is 9.99. The maximum absolute atomic E-state index is 16.2. The van der Waals surface area contributed by atoms with E-state index in [0.717, 1.165) is 0 Å². The Morgan fingerprint density at radius 3 is 0.536 bits per heavy atom. The van der Waals surface area contributed by atoms with Gasteiger partial charge in [-0.1, -0.05) is 91.0 Å². The molecule has 10 amide bonds. The summed E-state index contributed by atoms with van der Waals surface area (Å²) in [6.07, 6.45) is 6.33. The SMILES string of the molecule is N=C(N)NCCC[C@@H]1NC(=O)[C@H](CCCNC(=N)N)NC(=O)[C@H](CCCNC(=N)N)NC(=O)[C@H](Cc2c[nH]c3ccccc23)NC(=O)[C@H](Cc2c[nH]c3ccccc23)NC(=O)[C@H](Cc2c[nH]c3ccccc23)NC(=O)[C@H](Cc2c[nH]c3ccccc23)NC(=O)[C@H](Cc2c[nH]c3ccccc23)NC(=O)[C@H](CCCNC(=N)N)NC(=O)[C@H](CCCNC(=N)N)NC1=O. The summed E-state index contributed by atoms with van der Waals surface area (Å²) in [5.41, 5.74) is 34.6. The van der Waals surface area contributed by atoms with Crippen LogP contribution in [0.5, 0.6) is 0 Å². The molecule has 0 saturated carbocycles. The Morgan fingerprint density at radius 1 is 0.232 bits per heavy atom. The number of H-pyrrole nitrogens is 5. The van der Waals surface area contributed by atoms with Crippen molar-refractivity contribution in [2.75, 3.05) is 32.7 Å². The number of amides is 10. The van der Waals surface area contributed by atoms with Crippen molar-refractivity contribution in [3.05, 3.63) is 180 Å². The van der Waals surface area contributed by atoms with Gasteiger partial charge >= 0.3 is 0 Å². The van der Waals surface area contributed by atoms with Gasteiger partial charge in [-0.15, -0.1) is 0 Å². The van der Waals surface area contributed by atoms with E-state index in [2.05, 4.69) is 105 Å². The van der Waals surface area contributed by atoms with Gasteiger partial charge in [-0.2, -0.15) is 0 Å². The Kier molecular flexibility index (Phi) is 31.8. The van der Waals surface area contributed by atoms with Gasteiger partial charge in [0.25, 0.3) is 0 Å². The summed E-state index contributed by atoms with van der Waals surface area (Å²) < 4.78 is 0. The van der Waals surface area contributed by atoms with E-state index in [1.807, 2.05) is 78.9 Å². The molecule has 10 aromatic rings. The smallest absolute Gasteiger partial charge is 0.243 e. The highest BCUT2D eigenvalue weighted by molar-refractivity contribution is 6.02. The minimum atomic E-state index is -1.60. The van der Waals surface area contributed by atoms with Crippen molar-refractivity contribution in [1.82, 2.24) is 105 Å². The van der Waals surface area contributed by atoms with Crippen LogP contribution in [0.4, 0.5) is 0 Å².